The normalized spacial score (nSPS) is 24.7. The monoisotopic (exact) mass is 282 g/mol. The molecule has 3 rings (SSSR count). The van der Waals surface area contributed by atoms with Crippen LogP contribution in [0.1, 0.15) is 18.1 Å². The van der Waals surface area contributed by atoms with E-state index < -0.39 is 0 Å². The van der Waals surface area contributed by atoms with E-state index in [9.17, 15) is 0 Å². The first-order chi connectivity index (χ1) is 7.31. The molecule has 1 aromatic carbocycles. The number of benzene rings is 1. The zero-order chi connectivity index (χ0) is 10.3. The molecule has 1 unspecified atom stereocenters. The first kappa shape index (κ1) is 11.9. The summed E-state index contributed by atoms with van der Waals surface area (Å²) in [5, 5.41) is 0. The minimum absolute atomic E-state index is 0. The summed E-state index contributed by atoms with van der Waals surface area (Å²) in [6.45, 7) is 2.28. The minimum Gasteiger partial charge on any atom is -0.167 e. The molecule has 0 amide bonds. The minimum atomic E-state index is 0. The van der Waals surface area contributed by atoms with E-state index in [4.69, 9.17) is 0 Å². The first-order valence-corrected chi connectivity index (χ1v) is 5.32. The standard InChI is InChI=1S/C15H13.Y/c1-15-11-5-4-7-13(15)10-9-12-6-2-3-8-14(12)15;/h2-11H,1H3;/q-1;. The third-order valence-electron chi connectivity index (χ3n) is 3.38. The van der Waals surface area contributed by atoms with Crippen LogP contribution in [-0.2, 0) is 38.1 Å². The SMILES string of the molecule is CC12C=CC=C[C-]1C=Cc1ccccc12.[Y]. The third-order valence-corrected chi connectivity index (χ3v) is 3.38. The first-order valence-electron chi connectivity index (χ1n) is 5.32. The largest absolute Gasteiger partial charge is 0.167 e. The van der Waals surface area contributed by atoms with Crippen LogP contribution in [0.4, 0.5) is 0 Å². The Morgan fingerprint density at radius 1 is 1.06 bits per heavy atom. The Balaban J connectivity index is 0.000000963. The van der Waals surface area contributed by atoms with E-state index in [0.717, 1.165) is 0 Å². The van der Waals surface area contributed by atoms with Gasteiger partial charge in [0.25, 0.3) is 0 Å². The predicted molar refractivity (Wildman–Crippen MR) is 64.4 cm³/mol. The third kappa shape index (κ3) is 1.65. The van der Waals surface area contributed by atoms with Crippen molar-refractivity contribution in [3.63, 3.8) is 0 Å². The molecule has 0 aliphatic heterocycles. The van der Waals surface area contributed by atoms with Crippen LogP contribution in [-0.4, -0.2) is 0 Å². The van der Waals surface area contributed by atoms with Crippen molar-refractivity contribution in [2.75, 3.05) is 0 Å². The van der Waals surface area contributed by atoms with Crippen molar-refractivity contribution >= 4 is 6.08 Å². The molecule has 0 fully saturated rings. The van der Waals surface area contributed by atoms with Crippen molar-refractivity contribution < 1.29 is 32.7 Å². The summed E-state index contributed by atoms with van der Waals surface area (Å²) < 4.78 is 0. The maximum Gasteiger partial charge on any atom is 0 e. The van der Waals surface area contributed by atoms with Crippen LogP contribution in [0.15, 0.2) is 54.6 Å². The maximum absolute atomic E-state index is 2.28. The summed E-state index contributed by atoms with van der Waals surface area (Å²) in [5.74, 6) is 1.38. The second-order valence-corrected chi connectivity index (χ2v) is 4.30. The maximum atomic E-state index is 2.28. The van der Waals surface area contributed by atoms with Crippen LogP contribution in [0.2, 0.25) is 0 Å². The second kappa shape index (κ2) is 4.35. The molecule has 0 heterocycles. The number of hydrogen-bond acceptors (Lipinski definition) is 0. The fraction of sp³-hybridized carbons (Fsp3) is 0.133. The van der Waals surface area contributed by atoms with Crippen molar-refractivity contribution in [2.45, 2.75) is 12.3 Å². The van der Waals surface area contributed by atoms with Crippen LogP contribution in [0.3, 0.4) is 0 Å². The van der Waals surface area contributed by atoms with Gasteiger partial charge in [0.15, 0.2) is 0 Å². The molecule has 2 aliphatic rings. The molecular weight excluding hydrogens is 269 g/mol. The van der Waals surface area contributed by atoms with Gasteiger partial charge in [-0.15, -0.1) is 12.0 Å². The van der Waals surface area contributed by atoms with E-state index in [-0.39, 0.29) is 38.1 Å². The number of hydrogen-bond donors (Lipinski definition) is 0. The van der Waals surface area contributed by atoms with Gasteiger partial charge in [-0.05, 0) is 5.41 Å². The summed E-state index contributed by atoms with van der Waals surface area (Å²) in [6, 6.07) is 8.62. The van der Waals surface area contributed by atoms with Gasteiger partial charge in [-0.1, -0.05) is 48.4 Å². The summed E-state index contributed by atoms with van der Waals surface area (Å²) in [5.41, 5.74) is 2.81. The Kier molecular flexibility index (Phi) is 3.23. The molecule has 0 spiro atoms. The van der Waals surface area contributed by atoms with E-state index >= 15 is 0 Å². The van der Waals surface area contributed by atoms with Crippen molar-refractivity contribution in [1.29, 1.82) is 0 Å². The van der Waals surface area contributed by atoms with Gasteiger partial charge in [-0.25, -0.2) is 0 Å². The van der Waals surface area contributed by atoms with Crippen molar-refractivity contribution in [2.24, 2.45) is 0 Å². The van der Waals surface area contributed by atoms with Crippen LogP contribution < -0.4 is 0 Å². The van der Waals surface area contributed by atoms with Crippen LogP contribution in [0.25, 0.3) is 6.08 Å². The Morgan fingerprint density at radius 3 is 2.75 bits per heavy atom. The molecule has 16 heavy (non-hydrogen) atoms. The number of fused-ring (bicyclic) bond motifs is 3. The van der Waals surface area contributed by atoms with E-state index in [1.54, 1.807) is 0 Å². The summed E-state index contributed by atoms with van der Waals surface area (Å²) in [6.07, 6.45) is 13.2. The molecule has 1 aromatic rings. The van der Waals surface area contributed by atoms with Gasteiger partial charge in [0.2, 0.25) is 0 Å². The Morgan fingerprint density at radius 2 is 1.88 bits per heavy atom. The number of rotatable bonds is 0. The summed E-state index contributed by atoms with van der Waals surface area (Å²) >= 11 is 0. The molecule has 0 saturated carbocycles. The molecule has 0 N–H and O–H groups in total. The fourth-order valence-electron chi connectivity index (χ4n) is 2.45. The smallest absolute Gasteiger partial charge is 0 e. The van der Waals surface area contributed by atoms with Gasteiger partial charge in [0.05, 0.1) is 0 Å². The zero-order valence-electron chi connectivity index (χ0n) is 9.35. The summed E-state index contributed by atoms with van der Waals surface area (Å²) in [7, 11) is 0. The van der Waals surface area contributed by atoms with Crippen LogP contribution >= 0.6 is 0 Å². The van der Waals surface area contributed by atoms with Gasteiger partial charge in [0.1, 0.15) is 0 Å². The van der Waals surface area contributed by atoms with Crippen LogP contribution in [0, 0.1) is 5.92 Å². The molecule has 1 atom stereocenters. The van der Waals surface area contributed by atoms with Gasteiger partial charge >= 0.3 is 0 Å². The van der Waals surface area contributed by atoms with Gasteiger partial charge in [-0.2, -0.15) is 24.3 Å². The molecule has 0 bridgehead atoms. The number of allylic oxidation sites excluding steroid dienone is 5. The molecule has 2 aliphatic carbocycles. The quantitative estimate of drug-likeness (QED) is 0.637. The Labute approximate surface area is 122 Å². The Hall–Kier alpha value is -0.586. The Bertz CT molecular complexity index is 482. The molecule has 0 aromatic heterocycles. The van der Waals surface area contributed by atoms with E-state index in [1.807, 2.05) is 0 Å². The van der Waals surface area contributed by atoms with Crippen LogP contribution in [0.5, 0.6) is 0 Å². The topological polar surface area (TPSA) is 0 Å². The molecule has 1 radical (unpaired) electrons. The fourth-order valence-corrected chi connectivity index (χ4v) is 2.45. The average Bonchev–Trinajstić information content (AvgIpc) is 2.29. The molecule has 1 heteroatoms. The molecule has 0 nitrogen and oxygen atoms in total. The second-order valence-electron chi connectivity index (χ2n) is 4.30. The zero-order valence-corrected chi connectivity index (χ0v) is 12.2. The molecule has 77 valence electrons. The van der Waals surface area contributed by atoms with E-state index in [0.29, 0.717) is 0 Å². The van der Waals surface area contributed by atoms with Gasteiger partial charge in [-0.3, -0.25) is 0 Å². The van der Waals surface area contributed by atoms with E-state index in [2.05, 4.69) is 67.6 Å². The van der Waals surface area contributed by atoms with Gasteiger partial charge < -0.3 is 0 Å². The average molecular weight is 282 g/mol. The molecule has 0 saturated heterocycles. The van der Waals surface area contributed by atoms with E-state index in [1.165, 1.54) is 17.0 Å². The van der Waals surface area contributed by atoms with Crippen molar-refractivity contribution in [3.8, 4) is 0 Å². The molecular formula is C15H13Y-. The van der Waals surface area contributed by atoms with Crippen molar-refractivity contribution in [1.82, 2.24) is 0 Å². The van der Waals surface area contributed by atoms with Crippen molar-refractivity contribution in [3.05, 3.63) is 71.7 Å². The predicted octanol–water partition coefficient (Wildman–Crippen LogP) is 3.67. The summed E-state index contributed by atoms with van der Waals surface area (Å²) in [4.78, 5) is 0. The van der Waals surface area contributed by atoms with Gasteiger partial charge in [0, 0.05) is 32.7 Å².